The van der Waals surface area contributed by atoms with Gasteiger partial charge < -0.3 is 10.1 Å². The van der Waals surface area contributed by atoms with Crippen molar-refractivity contribution in [1.82, 2.24) is 4.98 Å². The topological polar surface area (TPSA) is 34.2 Å². The van der Waals surface area contributed by atoms with E-state index in [4.69, 9.17) is 9.72 Å². The number of fused-ring (bicyclic) bond motifs is 2. The minimum absolute atomic E-state index is 0.650. The van der Waals surface area contributed by atoms with E-state index >= 15 is 0 Å². The SMILES string of the molecule is CNc1c2c(nc3c(Br)ccc(I)c13)CCOC2. The van der Waals surface area contributed by atoms with Crippen molar-refractivity contribution in [2.45, 2.75) is 13.0 Å². The largest absolute Gasteiger partial charge is 0.387 e. The molecule has 0 aliphatic carbocycles. The number of aromatic nitrogens is 1. The average Bonchev–Trinajstić information content (AvgIpc) is 2.41. The molecule has 1 N–H and O–H groups in total. The van der Waals surface area contributed by atoms with Crippen LogP contribution in [-0.4, -0.2) is 18.6 Å². The molecule has 3 rings (SSSR count). The fourth-order valence-corrected chi connectivity index (χ4v) is 3.49. The molecule has 2 aromatic rings. The highest BCUT2D eigenvalue weighted by molar-refractivity contribution is 14.1. The number of benzene rings is 1. The lowest BCUT2D eigenvalue weighted by Gasteiger charge is -2.21. The summed E-state index contributed by atoms with van der Waals surface area (Å²) in [5.74, 6) is 0. The van der Waals surface area contributed by atoms with Crippen LogP contribution in [0.5, 0.6) is 0 Å². The van der Waals surface area contributed by atoms with E-state index in [0.29, 0.717) is 6.61 Å². The van der Waals surface area contributed by atoms with E-state index in [1.807, 2.05) is 7.05 Å². The van der Waals surface area contributed by atoms with Crippen molar-refractivity contribution in [1.29, 1.82) is 0 Å². The summed E-state index contributed by atoms with van der Waals surface area (Å²) in [6.07, 6.45) is 0.887. The number of hydrogen-bond acceptors (Lipinski definition) is 3. The molecule has 1 aromatic heterocycles. The van der Waals surface area contributed by atoms with Crippen LogP contribution in [0.1, 0.15) is 11.3 Å². The molecule has 94 valence electrons. The molecule has 5 heteroatoms. The number of nitrogens with zero attached hydrogens (tertiary/aromatic N) is 1. The Morgan fingerprint density at radius 1 is 1.44 bits per heavy atom. The Hall–Kier alpha value is -0.400. The summed E-state index contributed by atoms with van der Waals surface area (Å²) < 4.78 is 7.81. The van der Waals surface area contributed by atoms with E-state index < -0.39 is 0 Å². The van der Waals surface area contributed by atoms with Crippen LogP contribution in [0.25, 0.3) is 10.9 Å². The third-order valence-corrected chi connectivity index (χ3v) is 4.74. The number of hydrogen-bond donors (Lipinski definition) is 1. The molecule has 0 amide bonds. The van der Waals surface area contributed by atoms with E-state index in [1.54, 1.807) is 0 Å². The van der Waals surface area contributed by atoms with Crippen molar-refractivity contribution in [3.05, 3.63) is 31.4 Å². The predicted octanol–water partition coefficient (Wildman–Crippen LogP) is 3.72. The van der Waals surface area contributed by atoms with E-state index in [9.17, 15) is 0 Å². The van der Waals surface area contributed by atoms with Crippen LogP contribution in [0, 0.1) is 3.57 Å². The number of rotatable bonds is 1. The summed E-state index contributed by atoms with van der Waals surface area (Å²) in [6.45, 7) is 1.41. The van der Waals surface area contributed by atoms with Crippen molar-refractivity contribution in [2.24, 2.45) is 0 Å². The molecule has 3 nitrogen and oxygen atoms in total. The molecule has 0 bridgehead atoms. The maximum Gasteiger partial charge on any atom is 0.0878 e. The Kier molecular flexibility index (Phi) is 3.46. The Bertz CT molecular complexity index is 630. The van der Waals surface area contributed by atoms with Gasteiger partial charge in [-0.2, -0.15) is 0 Å². The van der Waals surface area contributed by atoms with Gasteiger partial charge in [-0.15, -0.1) is 0 Å². The molecule has 0 saturated carbocycles. The number of nitrogens with one attached hydrogen (secondary N) is 1. The van der Waals surface area contributed by atoms with Crippen LogP contribution in [0.4, 0.5) is 5.69 Å². The van der Waals surface area contributed by atoms with Crippen LogP contribution >= 0.6 is 38.5 Å². The first-order valence-corrected chi connectivity index (χ1v) is 7.64. The quantitative estimate of drug-likeness (QED) is 0.716. The molecule has 0 radical (unpaired) electrons. The number of pyridine rings is 1. The van der Waals surface area contributed by atoms with Crippen LogP contribution in [-0.2, 0) is 17.8 Å². The second-order valence-corrected chi connectivity index (χ2v) is 6.23. The molecular weight excluding hydrogens is 407 g/mol. The van der Waals surface area contributed by atoms with Crippen molar-refractivity contribution in [2.75, 3.05) is 19.0 Å². The predicted molar refractivity (Wildman–Crippen MR) is 85.1 cm³/mol. The highest BCUT2D eigenvalue weighted by Crippen LogP contribution is 2.37. The molecule has 1 aliphatic heterocycles. The Morgan fingerprint density at radius 2 is 2.28 bits per heavy atom. The zero-order valence-electron chi connectivity index (χ0n) is 9.89. The fourth-order valence-electron chi connectivity index (χ4n) is 2.37. The third-order valence-electron chi connectivity index (χ3n) is 3.20. The van der Waals surface area contributed by atoms with E-state index in [1.165, 1.54) is 14.5 Å². The van der Waals surface area contributed by atoms with Gasteiger partial charge in [0.2, 0.25) is 0 Å². The summed E-state index contributed by atoms with van der Waals surface area (Å²) in [5, 5.41) is 4.50. The molecular formula is C13H12BrIN2O. The van der Waals surface area contributed by atoms with Gasteiger partial charge in [0.15, 0.2) is 0 Å². The van der Waals surface area contributed by atoms with Crippen LogP contribution < -0.4 is 5.32 Å². The highest BCUT2D eigenvalue weighted by atomic mass is 127. The summed E-state index contributed by atoms with van der Waals surface area (Å²) in [5.41, 5.74) is 4.54. The molecule has 0 unspecified atom stereocenters. The van der Waals surface area contributed by atoms with Gasteiger partial charge >= 0.3 is 0 Å². The van der Waals surface area contributed by atoms with Gasteiger partial charge in [0, 0.05) is 32.5 Å². The zero-order valence-corrected chi connectivity index (χ0v) is 13.6. The molecule has 0 atom stereocenters. The molecule has 2 heterocycles. The van der Waals surface area contributed by atoms with Crippen molar-refractivity contribution in [3.63, 3.8) is 0 Å². The van der Waals surface area contributed by atoms with E-state index in [2.05, 4.69) is 56.0 Å². The summed E-state index contributed by atoms with van der Waals surface area (Å²) in [4.78, 5) is 4.81. The van der Waals surface area contributed by atoms with E-state index in [0.717, 1.165) is 34.4 Å². The van der Waals surface area contributed by atoms with Gasteiger partial charge in [-0.1, -0.05) is 0 Å². The lowest BCUT2D eigenvalue weighted by Crippen LogP contribution is -2.14. The maximum atomic E-state index is 5.56. The van der Waals surface area contributed by atoms with Crippen molar-refractivity contribution < 1.29 is 4.74 Å². The molecule has 0 fully saturated rings. The Balaban J connectivity index is 2.44. The number of anilines is 1. The summed E-state index contributed by atoms with van der Waals surface area (Å²) >= 11 is 5.95. The summed E-state index contributed by atoms with van der Waals surface area (Å²) in [7, 11) is 1.96. The smallest absolute Gasteiger partial charge is 0.0878 e. The Morgan fingerprint density at radius 3 is 3.06 bits per heavy atom. The van der Waals surface area contributed by atoms with Crippen molar-refractivity contribution in [3.8, 4) is 0 Å². The van der Waals surface area contributed by atoms with Crippen LogP contribution in [0.3, 0.4) is 0 Å². The normalized spacial score (nSPS) is 14.6. The maximum absolute atomic E-state index is 5.56. The van der Waals surface area contributed by atoms with Crippen LogP contribution in [0.15, 0.2) is 16.6 Å². The van der Waals surface area contributed by atoms with Crippen LogP contribution in [0.2, 0.25) is 0 Å². The molecule has 0 spiro atoms. The first kappa shape index (κ1) is 12.6. The second kappa shape index (κ2) is 4.94. The second-order valence-electron chi connectivity index (χ2n) is 4.22. The van der Waals surface area contributed by atoms with Gasteiger partial charge in [-0.3, -0.25) is 4.98 Å². The van der Waals surface area contributed by atoms with Gasteiger partial charge in [-0.05, 0) is 50.7 Å². The van der Waals surface area contributed by atoms with Gasteiger partial charge in [0.25, 0.3) is 0 Å². The van der Waals surface area contributed by atoms with Crippen molar-refractivity contribution >= 4 is 55.1 Å². The molecule has 18 heavy (non-hydrogen) atoms. The average molecular weight is 419 g/mol. The lowest BCUT2D eigenvalue weighted by molar-refractivity contribution is 0.110. The van der Waals surface area contributed by atoms with Gasteiger partial charge in [0.05, 0.1) is 30.1 Å². The first-order chi connectivity index (χ1) is 8.72. The molecule has 1 aliphatic rings. The minimum Gasteiger partial charge on any atom is -0.387 e. The zero-order chi connectivity index (χ0) is 12.7. The fraction of sp³-hybridized carbons (Fsp3) is 0.308. The minimum atomic E-state index is 0.650. The highest BCUT2D eigenvalue weighted by Gasteiger charge is 2.20. The van der Waals surface area contributed by atoms with Gasteiger partial charge in [0.1, 0.15) is 0 Å². The number of halogens is 2. The number of ether oxygens (including phenoxy) is 1. The molecule has 0 saturated heterocycles. The Labute approximate surface area is 128 Å². The molecule has 1 aromatic carbocycles. The van der Waals surface area contributed by atoms with E-state index in [-0.39, 0.29) is 0 Å². The lowest BCUT2D eigenvalue weighted by atomic mass is 10.0. The first-order valence-electron chi connectivity index (χ1n) is 5.77. The van der Waals surface area contributed by atoms with Gasteiger partial charge in [-0.25, -0.2) is 0 Å². The summed E-state index contributed by atoms with van der Waals surface area (Å²) in [6, 6.07) is 4.16. The standard InChI is InChI=1S/C13H12BrIN2O/c1-16-12-7-6-18-5-4-10(7)17-13-8(14)2-3-9(15)11(12)13/h2-3H,4-6H2,1H3,(H,16,17). The third kappa shape index (κ3) is 1.92. The monoisotopic (exact) mass is 418 g/mol.